The number of ketones is 1. The molecule has 7 nitrogen and oxygen atoms in total. The first-order chi connectivity index (χ1) is 17.9. The van der Waals surface area contributed by atoms with E-state index in [0.717, 1.165) is 11.1 Å². The first-order valence-electron chi connectivity index (χ1n) is 11.8. The molecule has 2 heterocycles. The number of pyridine rings is 1. The number of benzene rings is 2. The van der Waals surface area contributed by atoms with Crippen LogP contribution >= 0.6 is 0 Å². The molecule has 1 aliphatic rings. The van der Waals surface area contributed by atoms with Gasteiger partial charge in [-0.05, 0) is 60.0 Å². The third-order valence-corrected chi connectivity index (χ3v) is 5.98. The van der Waals surface area contributed by atoms with Crippen LogP contribution in [0.25, 0.3) is 5.76 Å². The first-order valence-corrected chi connectivity index (χ1v) is 11.8. The number of Topliss-reactive ketones (excluding diaryl/α,β-unsaturated/α-hetero) is 1. The van der Waals surface area contributed by atoms with E-state index in [1.54, 1.807) is 73.1 Å². The SMILES string of the molecule is C=CCOc1ccc(C2/C(=C(\O)c3ccc(OCC=C)c(C)c3)C(=O)C(=O)N2Cc2cccnc2)cc1. The maximum absolute atomic E-state index is 13.3. The molecular weight excluding hydrogens is 468 g/mol. The second kappa shape index (κ2) is 11.4. The summed E-state index contributed by atoms with van der Waals surface area (Å²) in [6.07, 6.45) is 6.58. The van der Waals surface area contributed by atoms with Crippen molar-refractivity contribution in [1.82, 2.24) is 9.88 Å². The minimum Gasteiger partial charge on any atom is -0.507 e. The number of rotatable bonds is 10. The number of amides is 1. The van der Waals surface area contributed by atoms with Crippen molar-refractivity contribution >= 4 is 17.4 Å². The molecule has 2 aromatic carbocycles. The molecule has 37 heavy (non-hydrogen) atoms. The summed E-state index contributed by atoms with van der Waals surface area (Å²) in [6, 6.07) is 15.0. The van der Waals surface area contributed by atoms with Gasteiger partial charge in [-0.2, -0.15) is 0 Å². The van der Waals surface area contributed by atoms with Gasteiger partial charge in [-0.3, -0.25) is 14.6 Å². The van der Waals surface area contributed by atoms with Crippen LogP contribution in [0, 0.1) is 6.92 Å². The quantitative estimate of drug-likeness (QED) is 0.181. The molecule has 1 saturated heterocycles. The number of aliphatic hydroxyl groups excluding tert-OH is 1. The highest BCUT2D eigenvalue weighted by molar-refractivity contribution is 6.46. The molecule has 1 fully saturated rings. The minimum atomic E-state index is -0.800. The zero-order valence-corrected chi connectivity index (χ0v) is 20.6. The van der Waals surface area contributed by atoms with Gasteiger partial charge in [0.1, 0.15) is 30.5 Å². The molecule has 1 atom stereocenters. The maximum Gasteiger partial charge on any atom is 0.295 e. The number of likely N-dealkylation sites (tertiary alicyclic amines) is 1. The molecule has 1 unspecified atom stereocenters. The first kappa shape index (κ1) is 25.4. The summed E-state index contributed by atoms with van der Waals surface area (Å²) in [5, 5.41) is 11.4. The lowest BCUT2D eigenvalue weighted by molar-refractivity contribution is -0.140. The fourth-order valence-corrected chi connectivity index (χ4v) is 4.24. The fourth-order valence-electron chi connectivity index (χ4n) is 4.24. The second-order valence-electron chi connectivity index (χ2n) is 8.54. The number of carbonyl (C=O) groups is 2. The lowest BCUT2D eigenvalue weighted by Gasteiger charge is -2.25. The van der Waals surface area contributed by atoms with Crippen molar-refractivity contribution in [3.63, 3.8) is 0 Å². The number of hydrogen-bond donors (Lipinski definition) is 1. The Balaban J connectivity index is 1.79. The molecule has 3 aromatic rings. The van der Waals surface area contributed by atoms with Gasteiger partial charge in [0.25, 0.3) is 11.7 Å². The van der Waals surface area contributed by atoms with Gasteiger partial charge in [0.2, 0.25) is 0 Å². The Morgan fingerprint density at radius 2 is 1.78 bits per heavy atom. The normalized spacial score (nSPS) is 16.5. The maximum atomic E-state index is 13.3. The number of carbonyl (C=O) groups excluding carboxylic acids is 2. The zero-order valence-electron chi connectivity index (χ0n) is 20.6. The summed E-state index contributed by atoms with van der Waals surface area (Å²) in [4.78, 5) is 32.1. The molecule has 0 saturated carbocycles. The van der Waals surface area contributed by atoms with Gasteiger partial charge < -0.3 is 19.5 Å². The molecule has 1 N–H and O–H groups in total. The van der Waals surface area contributed by atoms with E-state index < -0.39 is 17.7 Å². The predicted octanol–water partition coefficient (Wildman–Crippen LogP) is 5.14. The standard InChI is InChI=1S/C30H28N2O5/c1-4-15-36-24-11-8-22(9-12-24)27-26(28(33)23-10-13-25(20(3)17-23)37-16-5-2)29(34)30(35)32(27)19-21-7-6-14-31-18-21/h4-14,17-18,27,33H,1-2,15-16,19H2,3H3/b28-26+. The topological polar surface area (TPSA) is 89.0 Å². The average Bonchev–Trinajstić information content (AvgIpc) is 3.16. The Labute approximate surface area is 216 Å². The molecular formula is C30H28N2O5. The molecule has 1 aliphatic heterocycles. The zero-order chi connectivity index (χ0) is 26.4. The smallest absolute Gasteiger partial charge is 0.295 e. The highest BCUT2D eigenvalue weighted by atomic mass is 16.5. The van der Waals surface area contributed by atoms with E-state index in [-0.39, 0.29) is 17.9 Å². The van der Waals surface area contributed by atoms with Crippen LogP contribution in [-0.2, 0) is 16.1 Å². The highest BCUT2D eigenvalue weighted by Crippen LogP contribution is 2.41. The average molecular weight is 497 g/mol. The van der Waals surface area contributed by atoms with Crippen molar-refractivity contribution < 1.29 is 24.2 Å². The van der Waals surface area contributed by atoms with Crippen molar-refractivity contribution in [2.75, 3.05) is 13.2 Å². The summed E-state index contributed by atoms with van der Waals surface area (Å²) in [5.74, 6) is -0.422. The Morgan fingerprint density at radius 3 is 2.43 bits per heavy atom. The second-order valence-corrected chi connectivity index (χ2v) is 8.54. The third-order valence-electron chi connectivity index (χ3n) is 5.98. The molecule has 7 heteroatoms. The third kappa shape index (κ3) is 5.46. The van der Waals surface area contributed by atoms with Gasteiger partial charge in [-0.25, -0.2) is 0 Å². The number of aromatic nitrogens is 1. The van der Waals surface area contributed by atoms with Crippen LogP contribution in [0.1, 0.15) is 28.3 Å². The van der Waals surface area contributed by atoms with Crippen LogP contribution in [0.3, 0.4) is 0 Å². The highest BCUT2D eigenvalue weighted by Gasteiger charge is 2.46. The molecule has 4 rings (SSSR count). The summed E-state index contributed by atoms with van der Waals surface area (Å²) < 4.78 is 11.2. The molecule has 0 spiro atoms. The van der Waals surface area contributed by atoms with Crippen LogP contribution in [0.15, 0.2) is 97.9 Å². The monoisotopic (exact) mass is 496 g/mol. The lowest BCUT2D eigenvalue weighted by Crippen LogP contribution is -2.29. The Bertz CT molecular complexity index is 1350. The van der Waals surface area contributed by atoms with Gasteiger partial charge >= 0.3 is 0 Å². The Kier molecular flexibility index (Phi) is 7.83. The van der Waals surface area contributed by atoms with E-state index in [9.17, 15) is 14.7 Å². The summed E-state index contributed by atoms with van der Waals surface area (Å²) >= 11 is 0. The summed E-state index contributed by atoms with van der Waals surface area (Å²) in [5.41, 5.74) is 2.64. The summed E-state index contributed by atoms with van der Waals surface area (Å²) in [7, 11) is 0. The lowest BCUT2D eigenvalue weighted by atomic mass is 9.94. The van der Waals surface area contributed by atoms with Gasteiger partial charge in [0.05, 0.1) is 11.6 Å². The van der Waals surface area contributed by atoms with Gasteiger partial charge in [0.15, 0.2) is 0 Å². The van der Waals surface area contributed by atoms with Crippen LogP contribution in [0.2, 0.25) is 0 Å². The van der Waals surface area contributed by atoms with Crippen molar-refractivity contribution in [2.45, 2.75) is 19.5 Å². The molecule has 0 aliphatic carbocycles. The minimum absolute atomic E-state index is 0.0211. The van der Waals surface area contributed by atoms with E-state index in [1.807, 2.05) is 13.0 Å². The molecule has 0 bridgehead atoms. The van der Waals surface area contributed by atoms with E-state index in [1.165, 1.54) is 4.90 Å². The van der Waals surface area contributed by atoms with E-state index in [2.05, 4.69) is 18.1 Å². The molecule has 1 amide bonds. The van der Waals surface area contributed by atoms with Crippen LogP contribution in [0.5, 0.6) is 11.5 Å². The van der Waals surface area contributed by atoms with Crippen molar-refractivity contribution in [3.8, 4) is 11.5 Å². The van der Waals surface area contributed by atoms with Gasteiger partial charge in [-0.15, -0.1) is 0 Å². The van der Waals surface area contributed by atoms with E-state index in [4.69, 9.17) is 9.47 Å². The number of nitrogens with zero attached hydrogens (tertiary/aromatic N) is 2. The summed E-state index contributed by atoms with van der Waals surface area (Å²) in [6.45, 7) is 9.99. The van der Waals surface area contributed by atoms with Crippen LogP contribution < -0.4 is 9.47 Å². The van der Waals surface area contributed by atoms with E-state index in [0.29, 0.717) is 35.8 Å². The molecule has 188 valence electrons. The van der Waals surface area contributed by atoms with Crippen LogP contribution in [-0.4, -0.2) is 39.9 Å². The van der Waals surface area contributed by atoms with Crippen molar-refractivity contribution in [2.24, 2.45) is 0 Å². The van der Waals surface area contributed by atoms with Crippen molar-refractivity contribution in [1.29, 1.82) is 0 Å². The van der Waals surface area contributed by atoms with Crippen molar-refractivity contribution in [3.05, 3.63) is 120 Å². The predicted molar refractivity (Wildman–Crippen MR) is 141 cm³/mol. The van der Waals surface area contributed by atoms with Crippen LogP contribution in [0.4, 0.5) is 0 Å². The fraction of sp³-hybridized carbons (Fsp3) is 0.167. The molecule has 0 radical (unpaired) electrons. The number of hydrogen-bond acceptors (Lipinski definition) is 6. The van der Waals surface area contributed by atoms with E-state index >= 15 is 0 Å². The Hall–Kier alpha value is -4.65. The number of aryl methyl sites for hydroxylation is 1. The van der Waals surface area contributed by atoms with Gasteiger partial charge in [-0.1, -0.05) is 43.5 Å². The van der Waals surface area contributed by atoms with Gasteiger partial charge in [0, 0.05) is 24.5 Å². The largest absolute Gasteiger partial charge is 0.507 e. The molecule has 1 aromatic heterocycles. The number of ether oxygens (including phenoxy) is 2. The number of aliphatic hydroxyl groups is 1. The Morgan fingerprint density at radius 1 is 1.05 bits per heavy atom.